The Kier molecular flexibility index (Phi) is 8.13. The van der Waals surface area contributed by atoms with Crippen LogP contribution in [0.25, 0.3) is 44.5 Å². The van der Waals surface area contributed by atoms with E-state index in [2.05, 4.69) is 243 Å². The molecule has 1 nitrogen and oxygen atoms in total. The number of hydrogen-bond donors (Lipinski definition) is 0. The summed E-state index contributed by atoms with van der Waals surface area (Å²) in [5.74, 6) is 0. The highest BCUT2D eigenvalue weighted by Crippen LogP contribution is 2.57. The van der Waals surface area contributed by atoms with Crippen molar-refractivity contribution in [3.63, 3.8) is 0 Å². The molecular formula is C58H43N. The Bertz CT molecular complexity index is 2970. The molecule has 0 saturated heterocycles. The highest BCUT2D eigenvalue weighted by atomic mass is 15.1. The molecule has 0 aliphatic heterocycles. The van der Waals surface area contributed by atoms with Gasteiger partial charge in [0.2, 0.25) is 0 Å². The van der Waals surface area contributed by atoms with E-state index in [9.17, 15) is 0 Å². The largest absolute Gasteiger partial charge is 0.310 e. The standard InChI is InChI=1S/C58H43N/c1-57(2)52-30-15-12-28-48(52)50-36-34-46(39-54(50)57)59(56-32-17-14-27-47(56)40-19-6-3-7-20-40)45-26-18-21-41(37-45)42-33-35-51-49-29-13-16-31-53(49)58(55(51)38-42,43-22-8-4-9-23-43)44-24-10-5-11-25-44/h3-39H,1-2H3. The molecule has 0 fully saturated rings. The van der Waals surface area contributed by atoms with Gasteiger partial charge in [-0.15, -0.1) is 0 Å². The zero-order valence-electron chi connectivity index (χ0n) is 33.3. The van der Waals surface area contributed by atoms with Crippen molar-refractivity contribution in [3.05, 3.63) is 258 Å². The molecule has 0 spiro atoms. The first-order valence-electron chi connectivity index (χ1n) is 20.7. The van der Waals surface area contributed by atoms with Crippen LogP contribution in [0, 0.1) is 0 Å². The number of para-hydroxylation sites is 1. The average molecular weight is 754 g/mol. The van der Waals surface area contributed by atoms with E-state index in [1.165, 1.54) is 77.9 Å². The van der Waals surface area contributed by atoms with Crippen LogP contribution < -0.4 is 4.90 Å². The maximum Gasteiger partial charge on any atom is 0.0713 e. The molecule has 9 aromatic rings. The quantitative estimate of drug-likeness (QED) is 0.157. The molecule has 2 aliphatic rings. The first kappa shape index (κ1) is 35.0. The SMILES string of the molecule is CC1(C)c2ccccc2-c2ccc(N(c3cccc(-c4ccc5c(c4)C(c4ccccc4)(c4ccccc4)c4ccccc4-5)c3)c3ccccc3-c3ccccc3)cc21. The van der Waals surface area contributed by atoms with Gasteiger partial charge in [0.05, 0.1) is 11.1 Å². The molecule has 59 heavy (non-hydrogen) atoms. The van der Waals surface area contributed by atoms with Gasteiger partial charge in [-0.2, -0.15) is 0 Å². The molecule has 0 N–H and O–H groups in total. The molecule has 0 aromatic heterocycles. The predicted octanol–water partition coefficient (Wildman–Crippen LogP) is 15.2. The Labute approximate surface area is 347 Å². The summed E-state index contributed by atoms with van der Waals surface area (Å²) >= 11 is 0. The van der Waals surface area contributed by atoms with E-state index in [1.807, 2.05) is 0 Å². The second-order valence-electron chi connectivity index (χ2n) is 16.5. The molecule has 0 bridgehead atoms. The predicted molar refractivity (Wildman–Crippen MR) is 247 cm³/mol. The summed E-state index contributed by atoms with van der Waals surface area (Å²) in [6.07, 6.45) is 0. The third kappa shape index (κ3) is 5.39. The molecule has 11 rings (SSSR count). The van der Waals surface area contributed by atoms with E-state index in [0.717, 1.165) is 17.1 Å². The van der Waals surface area contributed by atoms with E-state index in [-0.39, 0.29) is 5.41 Å². The fourth-order valence-electron chi connectivity index (χ4n) is 10.2. The van der Waals surface area contributed by atoms with Gasteiger partial charge in [-0.05, 0) is 109 Å². The molecule has 0 saturated carbocycles. The van der Waals surface area contributed by atoms with Crippen LogP contribution in [0.3, 0.4) is 0 Å². The second-order valence-corrected chi connectivity index (χ2v) is 16.5. The average Bonchev–Trinajstić information content (AvgIpc) is 3.73. The van der Waals surface area contributed by atoms with Crippen LogP contribution in [0.4, 0.5) is 17.1 Å². The monoisotopic (exact) mass is 753 g/mol. The summed E-state index contributed by atoms with van der Waals surface area (Å²) in [4.78, 5) is 2.46. The zero-order chi connectivity index (χ0) is 39.6. The first-order valence-corrected chi connectivity index (χ1v) is 20.7. The van der Waals surface area contributed by atoms with Gasteiger partial charge in [0.25, 0.3) is 0 Å². The van der Waals surface area contributed by atoms with E-state index >= 15 is 0 Å². The van der Waals surface area contributed by atoms with Crippen LogP contribution in [0.5, 0.6) is 0 Å². The molecule has 2 aliphatic carbocycles. The smallest absolute Gasteiger partial charge is 0.0713 e. The van der Waals surface area contributed by atoms with E-state index < -0.39 is 5.41 Å². The third-order valence-corrected chi connectivity index (χ3v) is 13.0. The maximum absolute atomic E-state index is 2.46. The van der Waals surface area contributed by atoms with Crippen LogP contribution in [0.1, 0.15) is 47.2 Å². The summed E-state index contributed by atoms with van der Waals surface area (Å²) in [5.41, 5.74) is 20.7. The third-order valence-electron chi connectivity index (χ3n) is 13.0. The number of rotatable bonds is 7. The van der Waals surface area contributed by atoms with Crippen molar-refractivity contribution in [1.82, 2.24) is 0 Å². The van der Waals surface area contributed by atoms with Crippen LogP contribution in [0.2, 0.25) is 0 Å². The molecule has 0 radical (unpaired) electrons. The molecule has 9 aromatic carbocycles. The Balaban J connectivity index is 1.11. The molecule has 1 heteroatoms. The van der Waals surface area contributed by atoms with Crippen molar-refractivity contribution < 1.29 is 0 Å². The van der Waals surface area contributed by atoms with Crippen LogP contribution in [-0.4, -0.2) is 0 Å². The fourth-order valence-corrected chi connectivity index (χ4v) is 10.2. The van der Waals surface area contributed by atoms with Crippen molar-refractivity contribution in [2.75, 3.05) is 4.90 Å². The Hall–Kier alpha value is -7.22. The number of anilines is 3. The van der Waals surface area contributed by atoms with Gasteiger partial charge >= 0.3 is 0 Å². The topological polar surface area (TPSA) is 3.24 Å². The highest BCUT2D eigenvalue weighted by molar-refractivity contribution is 5.92. The number of fused-ring (bicyclic) bond motifs is 6. The molecule has 0 heterocycles. The summed E-state index contributed by atoms with van der Waals surface area (Å²) in [6.45, 7) is 4.72. The second kappa shape index (κ2) is 13.7. The normalized spacial score (nSPS) is 13.9. The summed E-state index contributed by atoms with van der Waals surface area (Å²) in [6, 6.07) is 83.0. The molecule has 0 unspecified atom stereocenters. The van der Waals surface area contributed by atoms with Gasteiger partial charge < -0.3 is 4.90 Å². The lowest BCUT2D eigenvalue weighted by molar-refractivity contribution is 0.660. The van der Waals surface area contributed by atoms with E-state index in [0.29, 0.717) is 0 Å². The van der Waals surface area contributed by atoms with E-state index in [1.54, 1.807) is 0 Å². The molecule has 280 valence electrons. The van der Waals surface area contributed by atoms with Gasteiger partial charge in [0.15, 0.2) is 0 Å². The molecule has 0 atom stereocenters. The van der Waals surface area contributed by atoms with Crippen molar-refractivity contribution in [2.45, 2.75) is 24.7 Å². The summed E-state index contributed by atoms with van der Waals surface area (Å²) in [7, 11) is 0. The Morgan fingerprint density at radius 1 is 0.305 bits per heavy atom. The van der Waals surface area contributed by atoms with Gasteiger partial charge in [0.1, 0.15) is 0 Å². The minimum absolute atomic E-state index is 0.125. The fraction of sp³-hybridized carbons (Fsp3) is 0.0690. The minimum atomic E-state index is -0.461. The Morgan fingerprint density at radius 3 is 1.51 bits per heavy atom. The lowest BCUT2D eigenvalue weighted by atomic mass is 9.67. The van der Waals surface area contributed by atoms with Gasteiger partial charge in [-0.1, -0.05) is 202 Å². The first-order chi connectivity index (χ1) is 29.0. The van der Waals surface area contributed by atoms with Crippen molar-refractivity contribution >= 4 is 17.1 Å². The van der Waals surface area contributed by atoms with Crippen molar-refractivity contribution in [2.24, 2.45) is 0 Å². The lowest BCUT2D eigenvalue weighted by Crippen LogP contribution is -2.28. The summed E-state index contributed by atoms with van der Waals surface area (Å²) < 4.78 is 0. The number of nitrogens with zero attached hydrogens (tertiary/aromatic N) is 1. The van der Waals surface area contributed by atoms with Gasteiger partial charge in [-0.3, -0.25) is 0 Å². The van der Waals surface area contributed by atoms with E-state index in [4.69, 9.17) is 0 Å². The maximum atomic E-state index is 2.46. The van der Waals surface area contributed by atoms with Gasteiger partial charge in [-0.25, -0.2) is 0 Å². The highest BCUT2D eigenvalue weighted by Gasteiger charge is 2.46. The number of hydrogen-bond acceptors (Lipinski definition) is 1. The summed E-state index contributed by atoms with van der Waals surface area (Å²) in [5, 5.41) is 0. The lowest BCUT2D eigenvalue weighted by Gasteiger charge is -2.34. The van der Waals surface area contributed by atoms with Crippen LogP contribution in [0.15, 0.2) is 224 Å². The van der Waals surface area contributed by atoms with Gasteiger partial charge in [0, 0.05) is 22.4 Å². The molecular weight excluding hydrogens is 711 g/mol. The molecule has 0 amide bonds. The van der Waals surface area contributed by atoms with Crippen LogP contribution in [-0.2, 0) is 10.8 Å². The van der Waals surface area contributed by atoms with Crippen molar-refractivity contribution in [3.8, 4) is 44.5 Å². The Morgan fingerprint density at radius 2 is 0.797 bits per heavy atom. The minimum Gasteiger partial charge on any atom is -0.310 e. The zero-order valence-corrected chi connectivity index (χ0v) is 33.3. The number of benzene rings is 9. The van der Waals surface area contributed by atoms with Crippen molar-refractivity contribution in [1.29, 1.82) is 0 Å². The van der Waals surface area contributed by atoms with Crippen LogP contribution >= 0.6 is 0 Å².